The quantitative estimate of drug-likeness (QED) is 0.158. The number of pyridine rings is 1. The van der Waals surface area contributed by atoms with E-state index in [2.05, 4.69) is 27.4 Å². The molecule has 2 aromatic carbocycles. The maximum absolute atomic E-state index is 13.7. The number of nitrogens with two attached hydrogens (primary N) is 1. The summed E-state index contributed by atoms with van der Waals surface area (Å²) in [6.45, 7) is 8.19. The molecule has 0 unspecified atom stereocenters. The molecule has 2 N–H and O–H groups in total. The van der Waals surface area contributed by atoms with Crippen LogP contribution in [0.1, 0.15) is 70.2 Å². The summed E-state index contributed by atoms with van der Waals surface area (Å²) in [6.07, 6.45) is 7.61. The van der Waals surface area contributed by atoms with Crippen molar-refractivity contribution in [1.82, 2.24) is 24.3 Å². The third kappa shape index (κ3) is 7.51. The van der Waals surface area contributed by atoms with E-state index in [1.54, 1.807) is 19.1 Å². The summed E-state index contributed by atoms with van der Waals surface area (Å²) in [6, 6.07) is 15.6. The minimum atomic E-state index is -0.262. The van der Waals surface area contributed by atoms with Gasteiger partial charge in [-0.05, 0) is 62.5 Å². The lowest BCUT2D eigenvalue weighted by atomic mass is 10.1. The van der Waals surface area contributed by atoms with Crippen molar-refractivity contribution in [3.8, 4) is 5.75 Å². The summed E-state index contributed by atoms with van der Waals surface area (Å²) in [5.74, 6) is 1.88. The van der Waals surface area contributed by atoms with E-state index in [0.29, 0.717) is 37.6 Å². The molecule has 0 radical (unpaired) electrons. The average molecular weight is 585 g/mol. The van der Waals surface area contributed by atoms with E-state index in [1.165, 1.54) is 6.42 Å². The largest absolute Gasteiger partial charge is 0.427 e. The van der Waals surface area contributed by atoms with E-state index in [4.69, 9.17) is 15.5 Å². The number of hydrogen-bond acceptors (Lipinski definition) is 7. The Labute approximate surface area is 254 Å². The smallest absolute Gasteiger partial charge is 0.310 e. The van der Waals surface area contributed by atoms with E-state index < -0.39 is 0 Å². The van der Waals surface area contributed by atoms with Crippen LogP contribution in [0.15, 0.2) is 48.5 Å². The maximum atomic E-state index is 13.7. The van der Waals surface area contributed by atoms with Crippen LogP contribution in [0.5, 0.6) is 5.75 Å². The zero-order chi connectivity index (χ0) is 30.2. The van der Waals surface area contributed by atoms with Crippen LogP contribution >= 0.6 is 0 Å². The van der Waals surface area contributed by atoms with Gasteiger partial charge < -0.3 is 19.9 Å². The molecular weight excluding hydrogens is 540 g/mol. The molecule has 1 fully saturated rings. The lowest BCUT2D eigenvalue weighted by Crippen LogP contribution is -2.42. The van der Waals surface area contributed by atoms with E-state index in [0.717, 1.165) is 91.5 Å². The third-order valence-corrected chi connectivity index (χ3v) is 8.23. The zero-order valence-corrected chi connectivity index (χ0v) is 25.6. The van der Waals surface area contributed by atoms with Crippen molar-refractivity contribution in [2.24, 2.45) is 0 Å². The Hall–Kier alpha value is -3.98. The number of aromatic nitrogens is 3. The second-order valence-electron chi connectivity index (χ2n) is 11.5. The molecule has 2 aromatic heterocycles. The molecule has 3 heterocycles. The molecule has 9 nitrogen and oxygen atoms in total. The van der Waals surface area contributed by atoms with Gasteiger partial charge in [-0.3, -0.25) is 14.5 Å². The number of anilines is 1. The highest BCUT2D eigenvalue weighted by Gasteiger charge is 2.21. The van der Waals surface area contributed by atoms with Crippen molar-refractivity contribution >= 4 is 39.6 Å². The summed E-state index contributed by atoms with van der Waals surface area (Å²) in [5, 5.41) is 1.05. The lowest BCUT2D eigenvalue weighted by Gasteiger charge is -2.30. The van der Waals surface area contributed by atoms with E-state index in [9.17, 15) is 9.59 Å². The van der Waals surface area contributed by atoms with E-state index in [1.807, 2.05) is 35.2 Å². The number of nitrogen functional groups attached to an aromatic ring is 1. The number of carbonyl (C=O) groups is 2. The van der Waals surface area contributed by atoms with Gasteiger partial charge in [-0.25, -0.2) is 9.97 Å². The first-order valence-corrected chi connectivity index (χ1v) is 15.8. The van der Waals surface area contributed by atoms with Gasteiger partial charge >= 0.3 is 5.97 Å². The Bertz CT molecular complexity index is 1540. The topological polar surface area (TPSA) is 107 Å². The number of fused-ring (bicyclic) bond motifs is 3. The molecular formula is C34H44N6O3. The van der Waals surface area contributed by atoms with Gasteiger partial charge in [0.2, 0.25) is 5.91 Å². The van der Waals surface area contributed by atoms with Crippen molar-refractivity contribution in [2.45, 2.75) is 78.3 Å². The van der Waals surface area contributed by atoms with Crippen molar-refractivity contribution in [2.75, 3.05) is 31.9 Å². The first-order valence-electron chi connectivity index (χ1n) is 15.8. The SMILES string of the molecule is CCCCc1nc2c(N)nc3ccccc3c2n1CCCN(Cc1ccc(OC(=O)CC)cc1)C(=O)CN1CCCCC1. The molecule has 1 aliphatic rings. The van der Waals surface area contributed by atoms with Crippen LogP contribution in [-0.2, 0) is 29.1 Å². The molecule has 0 atom stereocenters. The number of esters is 1. The minimum Gasteiger partial charge on any atom is -0.427 e. The highest BCUT2D eigenvalue weighted by molar-refractivity contribution is 6.06. The number of carbonyl (C=O) groups excluding carboxylic acids is 2. The number of aryl methyl sites for hydroxylation is 2. The number of rotatable bonds is 13. The molecule has 1 amide bonds. The second kappa shape index (κ2) is 14.5. The number of imidazole rings is 1. The van der Waals surface area contributed by atoms with Crippen LogP contribution in [-0.4, -0.2) is 62.4 Å². The monoisotopic (exact) mass is 584 g/mol. The zero-order valence-electron chi connectivity index (χ0n) is 25.6. The van der Waals surface area contributed by atoms with E-state index >= 15 is 0 Å². The van der Waals surface area contributed by atoms with Gasteiger partial charge in [-0.15, -0.1) is 0 Å². The number of nitrogens with zero attached hydrogens (tertiary/aromatic N) is 5. The minimum absolute atomic E-state index is 0.143. The van der Waals surface area contributed by atoms with Gasteiger partial charge in [0, 0.05) is 37.9 Å². The van der Waals surface area contributed by atoms with Gasteiger partial charge in [-0.2, -0.15) is 0 Å². The number of para-hydroxylation sites is 1. The molecule has 4 aromatic rings. The molecule has 0 bridgehead atoms. The number of likely N-dealkylation sites (tertiary alicyclic amines) is 1. The van der Waals surface area contributed by atoms with Crippen LogP contribution in [0.2, 0.25) is 0 Å². The molecule has 1 saturated heterocycles. The molecule has 43 heavy (non-hydrogen) atoms. The van der Waals surface area contributed by atoms with Gasteiger partial charge in [0.05, 0.1) is 17.6 Å². The predicted molar refractivity (Wildman–Crippen MR) is 171 cm³/mol. The number of benzene rings is 2. The fourth-order valence-corrected chi connectivity index (χ4v) is 5.88. The first-order chi connectivity index (χ1) is 21.0. The molecule has 9 heteroatoms. The standard InChI is InChI=1S/C34H44N6O3/c1-3-5-14-29-37-32-33(27-12-7-8-13-28(27)36-34(32)35)40(29)22-11-21-39(30(41)24-38-19-9-6-10-20-38)23-25-15-17-26(18-16-25)43-31(42)4-2/h7-8,12-13,15-18H,3-6,9-11,14,19-24H2,1-2H3,(H2,35,36). The van der Waals surface area contributed by atoms with Crippen molar-refractivity contribution in [3.05, 3.63) is 59.9 Å². The molecule has 0 aliphatic carbocycles. The van der Waals surface area contributed by atoms with Crippen LogP contribution in [0.4, 0.5) is 5.82 Å². The van der Waals surface area contributed by atoms with Crippen LogP contribution in [0, 0.1) is 0 Å². The van der Waals surface area contributed by atoms with Gasteiger partial charge in [0.15, 0.2) is 5.82 Å². The van der Waals surface area contributed by atoms with Crippen molar-refractivity contribution in [3.63, 3.8) is 0 Å². The van der Waals surface area contributed by atoms with Gasteiger partial charge in [0.1, 0.15) is 17.1 Å². The Balaban J connectivity index is 1.37. The van der Waals surface area contributed by atoms with Gasteiger partial charge in [0.25, 0.3) is 0 Å². The summed E-state index contributed by atoms with van der Waals surface area (Å²) < 4.78 is 7.64. The number of amides is 1. The van der Waals surface area contributed by atoms with Crippen molar-refractivity contribution in [1.29, 1.82) is 0 Å². The molecule has 0 spiro atoms. The lowest BCUT2D eigenvalue weighted by molar-refractivity contribution is -0.134. The number of ether oxygens (including phenoxy) is 1. The van der Waals surface area contributed by atoms with Crippen LogP contribution in [0.3, 0.4) is 0 Å². The average Bonchev–Trinajstić information content (AvgIpc) is 3.40. The second-order valence-corrected chi connectivity index (χ2v) is 11.5. The molecule has 1 aliphatic heterocycles. The number of piperidine rings is 1. The summed E-state index contributed by atoms with van der Waals surface area (Å²) in [5.41, 5.74) is 10.0. The van der Waals surface area contributed by atoms with Crippen LogP contribution < -0.4 is 10.5 Å². The highest BCUT2D eigenvalue weighted by atomic mass is 16.5. The summed E-state index contributed by atoms with van der Waals surface area (Å²) in [4.78, 5) is 39.2. The Morgan fingerprint density at radius 1 is 0.977 bits per heavy atom. The van der Waals surface area contributed by atoms with E-state index in [-0.39, 0.29) is 11.9 Å². The summed E-state index contributed by atoms with van der Waals surface area (Å²) in [7, 11) is 0. The van der Waals surface area contributed by atoms with Crippen LogP contribution in [0.25, 0.3) is 21.9 Å². The maximum Gasteiger partial charge on any atom is 0.310 e. The van der Waals surface area contributed by atoms with Crippen molar-refractivity contribution < 1.29 is 14.3 Å². The first kappa shape index (κ1) is 30.5. The number of unbranched alkanes of at least 4 members (excludes halogenated alkanes) is 1. The Morgan fingerprint density at radius 2 is 1.74 bits per heavy atom. The molecule has 0 saturated carbocycles. The predicted octanol–water partition coefficient (Wildman–Crippen LogP) is 5.73. The molecule has 5 rings (SSSR count). The Morgan fingerprint density at radius 3 is 2.49 bits per heavy atom. The molecule has 228 valence electrons. The number of hydrogen-bond donors (Lipinski definition) is 1. The summed E-state index contributed by atoms with van der Waals surface area (Å²) >= 11 is 0. The third-order valence-electron chi connectivity index (χ3n) is 8.23. The van der Waals surface area contributed by atoms with Gasteiger partial charge in [-0.1, -0.05) is 57.0 Å². The normalized spacial score (nSPS) is 13.9. The fraction of sp³-hybridized carbons (Fsp3) is 0.471. The fourth-order valence-electron chi connectivity index (χ4n) is 5.88. The Kier molecular flexibility index (Phi) is 10.3. The highest BCUT2D eigenvalue weighted by Crippen LogP contribution is 2.29.